The number of aliphatic imine (C=N–C) groups is 1. The van der Waals surface area contributed by atoms with Gasteiger partial charge in [0.1, 0.15) is 0 Å². The zero-order chi connectivity index (χ0) is 11.5. The zero-order valence-electron chi connectivity index (χ0n) is 10.7. The molecule has 1 fully saturated rings. The molecule has 0 aromatic heterocycles. The van der Waals surface area contributed by atoms with E-state index in [1.54, 1.807) is 0 Å². The molecular weight excluding hydrogens is 216 g/mol. The fourth-order valence-corrected chi connectivity index (χ4v) is 3.64. The van der Waals surface area contributed by atoms with E-state index >= 15 is 0 Å². The van der Waals surface area contributed by atoms with Crippen molar-refractivity contribution in [3.05, 3.63) is 0 Å². The Morgan fingerprint density at radius 2 is 1.94 bits per heavy atom. The molecule has 1 aliphatic carbocycles. The number of nitrogens with zero attached hydrogens (tertiary/aromatic N) is 1. The highest BCUT2D eigenvalue weighted by Crippen LogP contribution is 2.26. The molecule has 2 nitrogen and oxygen atoms in total. The van der Waals surface area contributed by atoms with Crippen LogP contribution >= 0.6 is 11.8 Å². The molecule has 0 bridgehead atoms. The van der Waals surface area contributed by atoms with Crippen molar-refractivity contribution in [1.29, 1.82) is 0 Å². The summed E-state index contributed by atoms with van der Waals surface area (Å²) in [6, 6.07) is 1.23. The van der Waals surface area contributed by atoms with Crippen molar-refractivity contribution in [3.63, 3.8) is 0 Å². The van der Waals surface area contributed by atoms with Gasteiger partial charge in [0.15, 0.2) is 5.17 Å². The number of hydrogen-bond acceptors (Lipinski definition) is 3. The molecule has 2 rings (SSSR count). The first kappa shape index (κ1) is 12.3. The van der Waals surface area contributed by atoms with Gasteiger partial charge < -0.3 is 5.32 Å². The topological polar surface area (TPSA) is 24.4 Å². The Bertz CT molecular complexity index is 255. The summed E-state index contributed by atoms with van der Waals surface area (Å²) in [4.78, 5) is 4.77. The van der Waals surface area contributed by atoms with Crippen molar-refractivity contribution in [1.82, 2.24) is 5.32 Å². The first-order chi connectivity index (χ1) is 7.65. The van der Waals surface area contributed by atoms with Crippen LogP contribution in [0.1, 0.15) is 46.5 Å². The average Bonchev–Trinajstić information content (AvgIpc) is 2.70. The van der Waals surface area contributed by atoms with Crippen LogP contribution in [0.25, 0.3) is 0 Å². The lowest BCUT2D eigenvalue weighted by atomic mass is 9.87. The van der Waals surface area contributed by atoms with E-state index in [9.17, 15) is 0 Å². The van der Waals surface area contributed by atoms with Crippen molar-refractivity contribution in [2.24, 2.45) is 16.8 Å². The summed E-state index contributed by atoms with van der Waals surface area (Å²) in [6.45, 7) is 6.90. The second kappa shape index (κ2) is 5.44. The summed E-state index contributed by atoms with van der Waals surface area (Å²) in [5.74, 6) is 2.78. The molecule has 0 amide bonds. The highest BCUT2D eigenvalue weighted by Gasteiger charge is 2.24. The van der Waals surface area contributed by atoms with Gasteiger partial charge in [-0.2, -0.15) is 0 Å². The molecule has 0 aromatic carbocycles. The van der Waals surface area contributed by atoms with Crippen LogP contribution in [0.3, 0.4) is 0 Å². The van der Waals surface area contributed by atoms with Crippen molar-refractivity contribution in [3.8, 4) is 0 Å². The second-order valence-corrected chi connectivity index (χ2v) is 6.67. The largest absolute Gasteiger partial charge is 0.362 e. The number of amidine groups is 1. The van der Waals surface area contributed by atoms with Gasteiger partial charge in [-0.15, -0.1) is 0 Å². The Morgan fingerprint density at radius 3 is 2.50 bits per heavy atom. The summed E-state index contributed by atoms with van der Waals surface area (Å²) < 4.78 is 0. The van der Waals surface area contributed by atoms with E-state index in [4.69, 9.17) is 4.99 Å². The molecule has 2 aliphatic rings. The molecule has 1 atom stereocenters. The Balaban J connectivity index is 1.80. The van der Waals surface area contributed by atoms with E-state index in [1.165, 1.54) is 36.6 Å². The fourth-order valence-electron chi connectivity index (χ4n) is 2.39. The Labute approximate surface area is 104 Å². The van der Waals surface area contributed by atoms with E-state index in [0.717, 1.165) is 5.92 Å². The molecule has 16 heavy (non-hydrogen) atoms. The van der Waals surface area contributed by atoms with Crippen LogP contribution in [-0.2, 0) is 0 Å². The summed E-state index contributed by atoms with van der Waals surface area (Å²) >= 11 is 1.91. The van der Waals surface area contributed by atoms with Crippen LogP contribution in [0.15, 0.2) is 4.99 Å². The molecule has 1 unspecified atom stereocenters. The van der Waals surface area contributed by atoms with Crippen LogP contribution in [0.4, 0.5) is 0 Å². The highest BCUT2D eigenvalue weighted by molar-refractivity contribution is 8.14. The third-order valence-corrected chi connectivity index (χ3v) is 4.79. The van der Waals surface area contributed by atoms with Gasteiger partial charge >= 0.3 is 0 Å². The molecule has 1 aliphatic heterocycles. The van der Waals surface area contributed by atoms with Gasteiger partial charge in [-0.1, -0.05) is 32.5 Å². The standard InChI is InChI=1S/C13H24N2S/c1-9(2)12-8-16-13(15-12)14-11-6-4-10(3)5-7-11/h9-12H,4-8H2,1-3H3,(H,14,15). The van der Waals surface area contributed by atoms with Gasteiger partial charge in [-0.3, -0.25) is 4.99 Å². The van der Waals surface area contributed by atoms with Gasteiger partial charge in [-0.05, 0) is 37.5 Å². The molecule has 92 valence electrons. The second-order valence-electron chi connectivity index (χ2n) is 5.66. The SMILES string of the molecule is CC1CCC(NC2=NC(C(C)C)CS2)CC1. The van der Waals surface area contributed by atoms with Crippen molar-refractivity contribution < 1.29 is 0 Å². The molecule has 1 N–H and O–H groups in total. The predicted octanol–water partition coefficient (Wildman–Crippen LogP) is 3.28. The maximum absolute atomic E-state index is 4.77. The predicted molar refractivity (Wildman–Crippen MR) is 73.1 cm³/mol. The maximum Gasteiger partial charge on any atom is 0.157 e. The van der Waals surface area contributed by atoms with Crippen LogP contribution in [0, 0.1) is 11.8 Å². The Morgan fingerprint density at radius 1 is 1.25 bits per heavy atom. The molecule has 1 heterocycles. The van der Waals surface area contributed by atoms with Crippen LogP contribution < -0.4 is 5.32 Å². The molecule has 0 saturated heterocycles. The van der Waals surface area contributed by atoms with Crippen LogP contribution in [-0.4, -0.2) is 23.0 Å². The smallest absolute Gasteiger partial charge is 0.157 e. The van der Waals surface area contributed by atoms with E-state index < -0.39 is 0 Å². The molecule has 1 saturated carbocycles. The lowest BCUT2D eigenvalue weighted by Gasteiger charge is -2.27. The monoisotopic (exact) mass is 240 g/mol. The van der Waals surface area contributed by atoms with E-state index in [-0.39, 0.29) is 0 Å². The third-order valence-electron chi connectivity index (χ3n) is 3.79. The molecule has 0 radical (unpaired) electrons. The zero-order valence-corrected chi connectivity index (χ0v) is 11.5. The average molecular weight is 240 g/mol. The lowest BCUT2D eigenvalue weighted by Crippen LogP contribution is -2.35. The minimum atomic E-state index is 0.537. The van der Waals surface area contributed by atoms with Crippen molar-refractivity contribution in [2.45, 2.75) is 58.5 Å². The van der Waals surface area contributed by atoms with Crippen LogP contribution in [0.2, 0.25) is 0 Å². The van der Waals surface area contributed by atoms with Crippen LogP contribution in [0.5, 0.6) is 0 Å². The van der Waals surface area contributed by atoms with Gasteiger partial charge in [0, 0.05) is 11.8 Å². The molecular formula is C13H24N2S. The lowest BCUT2D eigenvalue weighted by molar-refractivity contribution is 0.331. The minimum Gasteiger partial charge on any atom is -0.362 e. The summed E-state index contributed by atoms with van der Waals surface area (Å²) in [6.07, 6.45) is 5.41. The summed E-state index contributed by atoms with van der Waals surface area (Å²) in [5, 5.41) is 4.84. The Kier molecular flexibility index (Phi) is 4.17. The van der Waals surface area contributed by atoms with Gasteiger partial charge in [0.25, 0.3) is 0 Å². The minimum absolute atomic E-state index is 0.537. The van der Waals surface area contributed by atoms with Crippen molar-refractivity contribution in [2.75, 3.05) is 5.75 Å². The molecule has 0 aromatic rings. The quantitative estimate of drug-likeness (QED) is 0.801. The van der Waals surface area contributed by atoms with E-state index in [2.05, 4.69) is 26.1 Å². The first-order valence-electron chi connectivity index (χ1n) is 6.62. The Hall–Kier alpha value is -0.180. The summed E-state index contributed by atoms with van der Waals surface area (Å²) in [5.41, 5.74) is 0. The summed E-state index contributed by atoms with van der Waals surface area (Å²) in [7, 11) is 0. The maximum atomic E-state index is 4.77. The number of hydrogen-bond donors (Lipinski definition) is 1. The van der Waals surface area contributed by atoms with Gasteiger partial charge in [0.2, 0.25) is 0 Å². The van der Waals surface area contributed by atoms with Gasteiger partial charge in [-0.25, -0.2) is 0 Å². The highest BCUT2D eigenvalue weighted by atomic mass is 32.2. The molecule has 3 heteroatoms. The van der Waals surface area contributed by atoms with Gasteiger partial charge in [0.05, 0.1) is 6.04 Å². The number of rotatable bonds is 2. The van der Waals surface area contributed by atoms with E-state index in [1.807, 2.05) is 11.8 Å². The first-order valence-corrected chi connectivity index (χ1v) is 7.61. The fraction of sp³-hybridized carbons (Fsp3) is 0.923. The van der Waals surface area contributed by atoms with E-state index in [0.29, 0.717) is 18.0 Å². The third kappa shape index (κ3) is 3.16. The normalized spacial score (nSPS) is 35.2. The number of nitrogens with one attached hydrogen (secondary N) is 1. The molecule has 0 spiro atoms. The van der Waals surface area contributed by atoms with Crippen molar-refractivity contribution >= 4 is 16.9 Å². The number of thioether (sulfide) groups is 1.